The molecule has 1 fully saturated rings. The number of ether oxygens (including phenoxy) is 1. The monoisotopic (exact) mass is 280 g/mol. The molecule has 0 aromatic heterocycles. The second-order valence-electron chi connectivity index (χ2n) is 5.94. The summed E-state index contributed by atoms with van der Waals surface area (Å²) in [5.74, 6) is 0.367. The van der Waals surface area contributed by atoms with Crippen molar-refractivity contribution in [2.45, 2.75) is 39.3 Å². The summed E-state index contributed by atoms with van der Waals surface area (Å²) in [7, 11) is 1.76. The molecule has 2 rings (SSSR count). The molecule has 1 saturated heterocycles. The van der Waals surface area contributed by atoms with Gasteiger partial charge in [0.25, 0.3) is 0 Å². The summed E-state index contributed by atoms with van der Waals surface area (Å²) in [6.45, 7) is 7.71. The van der Waals surface area contributed by atoms with Crippen LogP contribution in [0.2, 0.25) is 0 Å². The van der Waals surface area contributed by atoms with Gasteiger partial charge in [-0.25, -0.2) is 4.39 Å². The van der Waals surface area contributed by atoms with Crippen LogP contribution in [-0.4, -0.2) is 26.3 Å². The third kappa shape index (κ3) is 2.96. The first-order chi connectivity index (χ1) is 9.43. The van der Waals surface area contributed by atoms with Crippen molar-refractivity contribution >= 4 is 5.69 Å². The molecule has 1 aromatic rings. The molecule has 3 unspecified atom stereocenters. The Morgan fingerprint density at radius 2 is 2.15 bits per heavy atom. The van der Waals surface area contributed by atoms with Crippen molar-refractivity contribution < 1.29 is 9.13 Å². The number of rotatable bonds is 3. The van der Waals surface area contributed by atoms with Crippen molar-refractivity contribution in [3.8, 4) is 0 Å². The van der Waals surface area contributed by atoms with Crippen molar-refractivity contribution in [1.82, 2.24) is 0 Å². The fraction of sp³-hybridized carbons (Fsp3) is 0.625. The maximum atomic E-state index is 13.8. The molecular formula is C16H25FN2O. The molecule has 0 spiro atoms. The highest BCUT2D eigenvalue weighted by Gasteiger charge is 2.28. The van der Waals surface area contributed by atoms with E-state index in [0.29, 0.717) is 11.5 Å². The maximum Gasteiger partial charge on any atom is 0.126 e. The Kier molecular flexibility index (Phi) is 4.66. The summed E-state index contributed by atoms with van der Waals surface area (Å²) in [6.07, 6.45) is 1.29. The molecule has 3 nitrogen and oxygen atoms in total. The third-order valence-electron chi connectivity index (χ3n) is 4.33. The maximum absolute atomic E-state index is 13.8. The van der Waals surface area contributed by atoms with E-state index in [1.54, 1.807) is 20.1 Å². The zero-order valence-corrected chi connectivity index (χ0v) is 12.8. The van der Waals surface area contributed by atoms with E-state index in [1.165, 1.54) is 0 Å². The quantitative estimate of drug-likeness (QED) is 0.925. The number of methoxy groups -OCH3 is 1. The summed E-state index contributed by atoms with van der Waals surface area (Å²) in [6, 6.07) is 3.31. The second-order valence-corrected chi connectivity index (χ2v) is 5.94. The highest BCUT2D eigenvalue weighted by Crippen LogP contribution is 2.32. The number of halogens is 1. The van der Waals surface area contributed by atoms with Gasteiger partial charge in [-0.05, 0) is 49.4 Å². The largest absolute Gasteiger partial charge is 0.379 e. The summed E-state index contributed by atoms with van der Waals surface area (Å²) < 4.78 is 19.4. The Hall–Kier alpha value is -1.13. The van der Waals surface area contributed by atoms with Gasteiger partial charge in [-0.15, -0.1) is 0 Å². The summed E-state index contributed by atoms with van der Waals surface area (Å²) >= 11 is 0. The van der Waals surface area contributed by atoms with Gasteiger partial charge in [0.1, 0.15) is 5.82 Å². The normalized spacial score (nSPS) is 24.8. The van der Waals surface area contributed by atoms with Gasteiger partial charge in [-0.3, -0.25) is 0 Å². The van der Waals surface area contributed by atoms with Crippen LogP contribution < -0.4 is 10.6 Å². The van der Waals surface area contributed by atoms with E-state index in [4.69, 9.17) is 10.5 Å². The van der Waals surface area contributed by atoms with Gasteiger partial charge < -0.3 is 15.4 Å². The molecule has 0 bridgehead atoms. The fourth-order valence-corrected chi connectivity index (χ4v) is 2.88. The lowest BCUT2D eigenvalue weighted by atomic mass is 9.94. The van der Waals surface area contributed by atoms with Crippen LogP contribution in [0.1, 0.15) is 37.4 Å². The molecule has 4 heteroatoms. The highest BCUT2D eigenvalue weighted by molar-refractivity contribution is 5.57. The van der Waals surface area contributed by atoms with Crippen molar-refractivity contribution in [1.29, 1.82) is 0 Å². The Balaban J connectivity index is 2.34. The van der Waals surface area contributed by atoms with Crippen LogP contribution in [0.15, 0.2) is 12.1 Å². The number of benzene rings is 1. The van der Waals surface area contributed by atoms with E-state index in [9.17, 15) is 4.39 Å². The zero-order chi connectivity index (χ0) is 14.9. The van der Waals surface area contributed by atoms with Crippen LogP contribution in [0.5, 0.6) is 0 Å². The van der Waals surface area contributed by atoms with Crippen molar-refractivity contribution in [3.05, 3.63) is 29.1 Å². The first-order valence-corrected chi connectivity index (χ1v) is 7.27. The Morgan fingerprint density at radius 1 is 1.45 bits per heavy atom. The average molecular weight is 280 g/mol. The Morgan fingerprint density at radius 3 is 2.75 bits per heavy atom. The van der Waals surface area contributed by atoms with E-state index < -0.39 is 0 Å². The van der Waals surface area contributed by atoms with Gasteiger partial charge in [-0.1, -0.05) is 6.92 Å². The summed E-state index contributed by atoms with van der Waals surface area (Å²) in [5.41, 5.74) is 8.60. The SMILES string of the molecule is COC1CN(c2cc(C)c(F)cc2C(C)N)CCC1C. The van der Waals surface area contributed by atoms with E-state index in [0.717, 1.165) is 30.8 Å². The van der Waals surface area contributed by atoms with E-state index >= 15 is 0 Å². The lowest BCUT2D eigenvalue weighted by molar-refractivity contribution is 0.0498. The average Bonchev–Trinajstić information content (AvgIpc) is 2.41. The number of anilines is 1. The summed E-state index contributed by atoms with van der Waals surface area (Å²) in [5, 5.41) is 0. The molecule has 1 heterocycles. The number of nitrogens with zero attached hydrogens (tertiary/aromatic N) is 1. The number of piperidine rings is 1. The smallest absolute Gasteiger partial charge is 0.126 e. The minimum atomic E-state index is -0.185. The zero-order valence-electron chi connectivity index (χ0n) is 12.8. The minimum absolute atomic E-state index is 0.180. The molecule has 3 atom stereocenters. The van der Waals surface area contributed by atoms with Crippen LogP contribution >= 0.6 is 0 Å². The number of hydrogen-bond acceptors (Lipinski definition) is 3. The summed E-state index contributed by atoms with van der Waals surface area (Å²) in [4.78, 5) is 2.28. The van der Waals surface area contributed by atoms with Crippen molar-refractivity contribution in [3.63, 3.8) is 0 Å². The Labute approximate surface area is 120 Å². The van der Waals surface area contributed by atoms with Gasteiger partial charge >= 0.3 is 0 Å². The topological polar surface area (TPSA) is 38.5 Å². The molecule has 0 radical (unpaired) electrons. The lowest BCUT2D eigenvalue weighted by Crippen LogP contribution is -2.44. The van der Waals surface area contributed by atoms with Crippen molar-refractivity contribution in [2.75, 3.05) is 25.1 Å². The van der Waals surface area contributed by atoms with Gasteiger partial charge in [0.15, 0.2) is 0 Å². The van der Waals surface area contributed by atoms with E-state index in [1.807, 2.05) is 13.0 Å². The molecule has 112 valence electrons. The molecule has 20 heavy (non-hydrogen) atoms. The lowest BCUT2D eigenvalue weighted by Gasteiger charge is -2.39. The molecular weight excluding hydrogens is 255 g/mol. The van der Waals surface area contributed by atoms with Gasteiger partial charge in [0.05, 0.1) is 6.10 Å². The number of aryl methyl sites for hydroxylation is 1. The van der Waals surface area contributed by atoms with Crippen LogP contribution in [-0.2, 0) is 4.74 Å². The van der Waals surface area contributed by atoms with Gasteiger partial charge in [-0.2, -0.15) is 0 Å². The number of nitrogens with two attached hydrogens (primary N) is 1. The van der Waals surface area contributed by atoms with Crippen molar-refractivity contribution in [2.24, 2.45) is 11.7 Å². The molecule has 0 amide bonds. The predicted octanol–water partition coefficient (Wildman–Crippen LogP) is 3.02. The standard InChI is InChI=1S/C16H25FN2O/c1-10-5-6-19(9-16(10)20-4)15-7-11(2)14(17)8-13(15)12(3)18/h7-8,10,12,16H,5-6,9,18H2,1-4H3. The minimum Gasteiger partial charge on any atom is -0.379 e. The first kappa shape index (κ1) is 15.3. The second kappa shape index (κ2) is 6.10. The third-order valence-corrected chi connectivity index (χ3v) is 4.33. The highest BCUT2D eigenvalue weighted by atomic mass is 19.1. The molecule has 1 aromatic carbocycles. The molecule has 0 aliphatic carbocycles. The van der Waals surface area contributed by atoms with Crippen LogP contribution in [0.25, 0.3) is 0 Å². The van der Waals surface area contributed by atoms with Crippen LogP contribution in [0.3, 0.4) is 0 Å². The first-order valence-electron chi connectivity index (χ1n) is 7.27. The van der Waals surface area contributed by atoms with E-state index in [-0.39, 0.29) is 18.0 Å². The fourth-order valence-electron chi connectivity index (χ4n) is 2.88. The molecule has 1 aliphatic heterocycles. The predicted molar refractivity (Wildman–Crippen MR) is 80.5 cm³/mol. The van der Waals surface area contributed by atoms with Crippen LogP contribution in [0, 0.1) is 18.7 Å². The molecule has 2 N–H and O–H groups in total. The van der Waals surface area contributed by atoms with Gasteiger partial charge in [0, 0.05) is 31.9 Å². The number of hydrogen-bond donors (Lipinski definition) is 1. The Bertz CT molecular complexity index is 476. The molecule has 1 aliphatic rings. The molecule has 0 saturated carbocycles. The van der Waals surface area contributed by atoms with Crippen LogP contribution in [0.4, 0.5) is 10.1 Å². The van der Waals surface area contributed by atoms with E-state index in [2.05, 4.69) is 11.8 Å². The van der Waals surface area contributed by atoms with Gasteiger partial charge in [0.2, 0.25) is 0 Å².